The van der Waals surface area contributed by atoms with Crippen molar-refractivity contribution >= 4 is 50.6 Å². The molecule has 0 aliphatic carbocycles. The number of hydrogen-bond donors (Lipinski definition) is 2. The van der Waals surface area contributed by atoms with Crippen LogP contribution in [-0.4, -0.2) is 37.5 Å². The van der Waals surface area contributed by atoms with Gasteiger partial charge in [-0.2, -0.15) is 5.10 Å². The summed E-state index contributed by atoms with van der Waals surface area (Å²) in [6.45, 7) is -0.353. The topological polar surface area (TPSA) is 116 Å². The molecule has 0 aliphatic rings. The Bertz CT molecular complexity index is 1230. The summed E-state index contributed by atoms with van der Waals surface area (Å²) in [5.41, 5.74) is 6.41. The van der Waals surface area contributed by atoms with Crippen LogP contribution in [0.2, 0.25) is 5.02 Å². The fourth-order valence-corrected chi connectivity index (χ4v) is 5.38. The molecule has 1 heterocycles. The lowest BCUT2D eigenvalue weighted by Crippen LogP contribution is -2.21. The van der Waals surface area contributed by atoms with Gasteiger partial charge in [-0.25, -0.2) is 17.5 Å². The lowest BCUT2D eigenvalue weighted by molar-refractivity contribution is -0.116. The summed E-state index contributed by atoms with van der Waals surface area (Å²) >= 11 is 7.03. The van der Waals surface area contributed by atoms with E-state index in [2.05, 4.69) is 10.4 Å². The quantitative estimate of drug-likeness (QED) is 0.389. The number of benzene rings is 2. The van der Waals surface area contributed by atoms with Crippen molar-refractivity contribution in [1.82, 2.24) is 9.78 Å². The van der Waals surface area contributed by atoms with Crippen molar-refractivity contribution in [1.29, 1.82) is 0 Å². The number of methoxy groups -OCH3 is 1. The highest BCUT2D eigenvalue weighted by Gasteiger charge is 2.29. The summed E-state index contributed by atoms with van der Waals surface area (Å²) < 4.78 is 45.6. The third-order valence-corrected chi connectivity index (χ3v) is 7.10. The van der Waals surface area contributed by atoms with Gasteiger partial charge in [0.05, 0.1) is 17.7 Å². The van der Waals surface area contributed by atoms with Crippen molar-refractivity contribution in [3.63, 3.8) is 0 Å². The number of carbonyl (C=O) groups is 1. The van der Waals surface area contributed by atoms with Crippen LogP contribution in [0.4, 0.5) is 15.9 Å². The number of nitrogens with two attached hydrogens (primary N) is 1. The summed E-state index contributed by atoms with van der Waals surface area (Å²) in [5, 5.41) is 7.32. The molecule has 164 valence electrons. The smallest absolute Gasteiger partial charge is 0.246 e. The van der Waals surface area contributed by atoms with Crippen LogP contribution in [0.5, 0.6) is 5.75 Å². The molecule has 2 aromatic carbocycles. The van der Waals surface area contributed by atoms with E-state index in [4.69, 9.17) is 22.1 Å². The predicted molar refractivity (Wildman–Crippen MR) is 117 cm³/mol. The SMILES string of the molecule is COc1ccc(Cl)cc1NC(=O)Cn1nc(SC)c(S(=O)(=O)c2ccc(F)cc2)c1N. The van der Waals surface area contributed by atoms with Crippen molar-refractivity contribution in [3.8, 4) is 5.75 Å². The van der Waals surface area contributed by atoms with Crippen molar-refractivity contribution in [2.45, 2.75) is 21.4 Å². The van der Waals surface area contributed by atoms with E-state index >= 15 is 0 Å². The zero-order valence-electron chi connectivity index (χ0n) is 16.4. The third-order valence-electron chi connectivity index (χ3n) is 4.23. The van der Waals surface area contributed by atoms with E-state index in [1.54, 1.807) is 18.4 Å². The van der Waals surface area contributed by atoms with Gasteiger partial charge in [-0.15, -0.1) is 11.8 Å². The molecule has 8 nitrogen and oxygen atoms in total. The number of hydrogen-bond acceptors (Lipinski definition) is 7. The second-order valence-corrected chi connectivity index (χ2v) is 9.35. The summed E-state index contributed by atoms with van der Waals surface area (Å²) in [6, 6.07) is 9.09. The molecule has 12 heteroatoms. The molecule has 0 fully saturated rings. The first-order valence-electron chi connectivity index (χ1n) is 8.71. The maximum Gasteiger partial charge on any atom is 0.246 e. The van der Waals surface area contributed by atoms with Gasteiger partial charge in [-0.3, -0.25) is 4.79 Å². The molecule has 0 unspecified atom stereocenters. The third kappa shape index (κ3) is 4.78. The van der Waals surface area contributed by atoms with Crippen molar-refractivity contribution < 1.29 is 22.3 Å². The highest BCUT2D eigenvalue weighted by atomic mass is 35.5. The van der Waals surface area contributed by atoms with E-state index in [-0.39, 0.29) is 27.2 Å². The van der Waals surface area contributed by atoms with Crippen LogP contribution < -0.4 is 15.8 Å². The maximum atomic E-state index is 13.2. The lowest BCUT2D eigenvalue weighted by atomic mass is 10.3. The van der Waals surface area contributed by atoms with Crippen LogP contribution in [-0.2, 0) is 21.2 Å². The molecule has 0 bridgehead atoms. The molecule has 0 aliphatic heterocycles. The molecule has 3 N–H and O–H groups in total. The number of anilines is 2. The number of halogens is 2. The first-order chi connectivity index (χ1) is 14.7. The van der Waals surface area contributed by atoms with E-state index in [1.807, 2.05) is 0 Å². The zero-order valence-corrected chi connectivity index (χ0v) is 18.8. The van der Waals surface area contributed by atoms with Gasteiger partial charge in [0.15, 0.2) is 0 Å². The van der Waals surface area contributed by atoms with Gasteiger partial charge in [-0.05, 0) is 48.7 Å². The number of nitrogens with one attached hydrogen (secondary N) is 1. The first kappa shape index (κ1) is 22.9. The molecule has 0 radical (unpaired) electrons. The summed E-state index contributed by atoms with van der Waals surface area (Å²) in [5.74, 6) is -0.897. The molecule has 3 rings (SSSR count). The minimum Gasteiger partial charge on any atom is -0.495 e. The second kappa shape index (κ2) is 9.16. The van der Waals surface area contributed by atoms with E-state index in [9.17, 15) is 17.6 Å². The Morgan fingerprint density at radius 3 is 2.58 bits per heavy atom. The molecular weight excluding hydrogens is 467 g/mol. The molecule has 0 saturated carbocycles. The van der Waals surface area contributed by atoms with Crippen LogP contribution in [0.3, 0.4) is 0 Å². The number of thioether (sulfide) groups is 1. The Labute approximate surface area is 187 Å². The summed E-state index contributed by atoms with van der Waals surface area (Å²) in [6.07, 6.45) is 1.63. The minimum absolute atomic E-state index is 0.120. The van der Waals surface area contributed by atoms with E-state index in [0.717, 1.165) is 40.7 Å². The Morgan fingerprint density at radius 1 is 1.29 bits per heavy atom. The number of ether oxygens (including phenoxy) is 1. The lowest BCUT2D eigenvalue weighted by Gasteiger charge is -2.11. The number of aromatic nitrogens is 2. The van der Waals surface area contributed by atoms with Crippen LogP contribution in [0.1, 0.15) is 0 Å². The predicted octanol–water partition coefficient (Wildman–Crippen LogP) is 3.46. The van der Waals surface area contributed by atoms with Gasteiger partial charge in [0, 0.05) is 5.02 Å². The summed E-state index contributed by atoms with van der Waals surface area (Å²) in [4.78, 5) is 12.2. The number of nitrogens with zero attached hydrogens (tertiary/aromatic N) is 2. The van der Waals surface area contributed by atoms with Crippen LogP contribution in [0, 0.1) is 5.82 Å². The monoisotopic (exact) mass is 484 g/mol. The Hall–Kier alpha value is -2.76. The van der Waals surface area contributed by atoms with Gasteiger partial charge in [0.1, 0.15) is 33.9 Å². The normalized spacial score (nSPS) is 11.4. The fraction of sp³-hybridized carbons (Fsp3) is 0.158. The van der Waals surface area contributed by atoms with Crippen LogP contribution in [0.15, 0.2) is 57.3 Å². The van der Waals surface area contributed by atoms with E-state index < -0.39 is 21.6 Å². The Balaban J connectivity index is 1.92. The number of carbonyl (C=O) groups excluding carboxylic acids is 1. The van der Waals surface area contributed by atoms with Crippen molar-refractivity contribution in [2.75, 3.05) is 24.4 Å². The molecule has 0 atom stereocenters. The van der Waals surface area contributed by atoms with E-state index in [1.165, 1.54) is 13.2 Å². The largest absolute Gasteiger partial charge is 0.495 e. The van der Waals surface area contributed by atoms with Gasteiger partial charge in [0.2, 0.25) is 15.7 Å². The fourth-order valence-electron chi connectivity index (χ4n) is 2.78. The number of rotatable bonds is 7. The second-order valence-electron chi connectivity index (χ2n) is 6.23. The number of amides is 1. The molecule has 1 amide bonds. The van der Waals surface area contributed by atoms with Crippen molar-refractivity contribution in [2.24, 2.45) is 0 Å². The zero-order chi connectivity index (χ0) is 22.8. The minimum atomic E-state index is -4.08. The highest BCUT2D eigenvalue weighted by Crippen LogP contribution is 2.34. The molecule has 31 heavy (non-hydrogen) atoms. The molecule has 0 saturated heterocycles. The molecule has 0 spiro atoms. The average Bonchev–Trinajstić information content (AvgIpc) is 3.04. The van der Waals surface area contributed by atoms with Gasteiger partial charge in [-0.1, -0.05) is 11.6 Å². The molecular formula is C19H18ClFN4O4S2. The number of nitrogen functional groups attached to an aromatic ring is 1. The standard InChI is InChI=1S/C19H18ClFN4O4S2/c1-29-15-8-3-11(20)9-14(15)23-16(26)10-25-18(22)17(19(24-25)30-2)31(27,28)13-6-4-12(21)5-7-13/h3-9H,10,22H2,1-2H3,(H,23,26). The van der Waals surface area contributed by atoms with Gasteiger partial charge < -0.3 is 15.8 Å². The Kier molecular flexibility index (Phi) is 6.77. The van der Waals surface area contributed by atoms with Gasteiger partial charge in [0.25, 0.3) is 0 Å². The van der Waals surface area contributed by atoms with Gasteiger partial charge >= 0.3 is 0 Å². The first-order valence-corrected chi connectivity index (χ1v) is 11.8. The Morgan fingerprint density at radius 2 is 1.97 bits per heavy atom. The van der Waals surface area contributed by atoms with E-state index in [0.29, 0.717) is 16.5 Å². The average molecular weight is 485 g/mol. The van der Waals surface area contributed by atoms with Crippen molar-refractivity contribution in [3.05, 3.63) is 53.3 Å². The molecule has 3 aromatic rings. The van der Waals surface area contributed by atoms with Crippen LogP contribution in [0.25, 0.3) is 0 Å². The molecule has 1 aromatic heterocycles. The van der Waals surface area contributed by atoms with Crippen LogP contribution >= 0.6 is 23.4 Å². The number of sulfone groups is 1. The summed E-state index contributed by atoms with van der Waals surface area (Å²) in [7, 11) is -2.64. The highest BCUT2D eigenvalue weighted by molar-refractivity contribution is 7.99. The maximum absolute atomic E-state index is 13.2.